The highest BCUT2D eigenvalue weighted by Gasteiger charge is 1.88. The second kappa shape index (κ2) is 3.06. The number of allylic oxidation sites excluding steroid dienone is 1. The number of hydrogen-bond acceptors (Lipinski definition) is 1. The lowest BCUT2D eigenvalue weighted by atomic mass is 10.1. The van der Waals surface area contributed by atoms with Gasteiger partial charge in [-0.25, -0.2) is 0 Å². The molecular formula is C9H9O. The molecule has 0 aliphatic rings. The summed E-state index contributed by atoms with van der Waals surface area (Å²) in [6.45, 7) is 3.60. The lowest BCUT2D eigenvalue weighted by Gasteiger charge is -1.93. The van der Waals surface area contributed by atoms with Gasteiger partial charge in [-0.15, -0.1) is 6.58 Å². The van der Waals surface area contributed by atoms with Crippen LogP contribution in [0.2, 0.25) is 0 Å². The van der Waals surface area contributed by atoms with Gasteiger partial charge in [0.1, 0.15) is 5.75 Å². The molecule has 0 aliphatic carbocycles. The summed E-state index contributed by atoms with van der Waals surface area (Å²) in [4.78, 5) is 0. The van der Waals surface area contributed by atoms with E-state index < -0.39 is 0 Å². The van der Waals surface area contributed by atoms with Crippen LogP contribution >= 0.6 is 0 Å². The van der Waals surface area contributed by atoms with Crippen LogP contribution in [0.4, 0.5) is 0 Å². The van der Waals surface area contributed by atoms with E-state index in [0.717, 1.165) is 12.0 Å². The van der Waals surface area contributed by atoms with E-state index in [1.54, 1.807) is 12.1 Å². The smallest absolute Gasteiger partial charge is 0.116 e. The van der Waals surface area contributed by atoms with Gasteiger partial charge in [-0.05, 0) is 30.2 Å². The monoisotopic (exact) mass is 133 g/mol. The Morgan fingerprint density at radius 3 is 2.90 bits per heavy atom. The molecule has 0 saturated carbocycles. The van der Waals surface area contributed by atoms with Crippen LogP contribution in [-0.4, -0.2) is 5.11 Å². The van der Waals surface area contributed by atoms with E-state index in [9.17, 15) is 0 Å². The fourth-order valence-electron chi connectivity index (χ4n) is 0.731. The molecule has 1 rings (SSSR count). The van der Waals surface area contributed by atoms with Gasteiger partial charge in [0.25, 0.3) is 0 Å². The third-order valence-corrected chi connectivity index (χ3v) is 1.22. The Kier molecular flexibility index (Phi) is 2.11. The van der Waals surface area contributed by atoms with E-state index >= 15 is 0 Å². The third kappa shape index (κ3) is 1.62. The second-order valence-electron chi connectivity index (χ2n) is 2.06. The SMILES string of the molecule is C=CCc1[c]cc(O)cc1. The Morgan fingerprint density at radius 1 is 1.60 bits per heavy atom. The molecule has 0 aromatic heterocycles. The molecule has 0 unspecified atom stereocenters. The van der Waals surface area contributed by atoms with Crippen LogP contribution in [0.1, 0.15) is 5.56 Å². The molecule has 1 N–H and O–H groups in total. The number of phenols is 1. The average Bonchev–Trinajstić information content (AvgIpc) is 1.95. The summed E-state index contributed by atoms with van der Waals surface area (Å²) in [5.74, 6) is 0.257. The molecule has 1 nitrogen and oxygen atoms in total. The molecule has 0 bridgehead atoms. The molecule has 0 heterocycles. The van der Waals surface area contributed by atoms with Crippen LogP contribution in [0.15, 0.2) is 30.9 Å². The van der Waals surface area contributed by atoms with Crippen LogP contribution in [0, 0.1) is 6.07 Å². The molecule has 0 spiro atoms. The molecule has 0 saturated heterocycles. The van der Waals surface area contributed by atoms with E-state index in [1.165, 1.54) is 0 Å². The number of hydrogen-bond donors (Lipinski definition) is 1. The van der Waals surface area contributed by atoms with Gasteiger partial charge in [0.05, 0.1) is 0 Å². The molecule has 0 atom stereocenters. The molecule has 51 valence electrons. The van der Waals surface area contributed by atoms with Crippen molar-refractivity contribution in [3.8, 4) is 5.75 Å². The van der Waals surface area contributed by atoms with Crippen LogP contribution in [-0.2, 0) is 6.42 Å². The van der Waals surface area contributed by atoms with Crippen molar-refractivity contribution in [2.24, 2.45) is 0 Å². The maximum Gasteiger partial charge on any atom is 0.116 e. The van der Waals surface area contributed by atoms with Crippen LogP contribution < -0.4 is 0 Å². The summed E-state index contributed by atoms with van der Waals surface area (Å²) in [6, 6.07) is 7.95. The lowest BCUT2D eigenvalue weighted by Crippen LogP contribution is -1.77. The van der Waals surface area contributed by atoms with E-state index in [2.05, 4.69) is 12.6 Å². The van der Waals surface area contributed by atoms with Crippen molar-refractivity contribution < 1.29 is 5.11 Å². The van der Waals surface area contributed by atoms with Crippen molar-refractivity contribution in [3.63, 3.8) is 0 Å². The summed E-state index contributed by atoms with van der Waals surface area (Å²) >= 11 is 0. The van der Waals surface area contributed by atoms with Gasteiger partial charge in [0, 0.05) is 0 Å². The maximum atomic E-state index is 8.87. The molecular weight excluding hydrogens is 124 g/mol. The summed E-state index contributed by atoms with van der Waals surface area (Å²) in [7, 11) is 0. The Bertz CT molecular complexity index is 211. The van der Waals surface area contributed by atoms with Gasteiger partial charge in [0.15, 0.2) is 0 Å². The number of benzene rings is 1. The Morgan fingerprint density at radius 2 is 2.40 bits per heavy atom. The van der Waals surface area contributed by atoms with Gasteiger partial charge in [0.2, 0.25) is 0 Å². The van der Waals surface area contributed by atoms with Gasteiger partial charge >= 0.3 is 0 Å². The molecule has 10 heavy (non-hydrogen) atoms. The zero-order valence-corrected chi connectivity index (χ0v) is 5.67. The second-order valence-corrected chi connectivity index (χ2v) is 2.06. The topological polar surface area (TPSA) is 20.2 Å². The van der Waals surface area contributed by atoms with Crippen molar-refractivity contribution in [1.82, 2.24) is 0 Å². The highest BCUT2D eigenvalue weighted by molar-refractivity contribution is 5.25. The minimum atomic E-state index is 0.257. The van der Waals surface area contributed by atoms with Crippen molar-refractivity contribution in [3.05, 3.63) is 42.5 Å². The lowest BCUT2D eigenvalue weighted by molar-refractivity contribution is 0.475. The largest absolute Gasteiger partial charge is 0.508 e. The third-order valence-electron chi connectivity index (χ3n) is 1.22. The standard InChI is InChI=1S/C9H9O/c1-2-3-8-4-6-9(10)7-5-8/h2,4,6-7,10H,1,3H2. The quantitative estimate of drug-likeness (QED) is 0.611. The first-order valence-corrected chi connectivity index (χ1v) is 3.13. The molecule has 1 aromatic rings. The first-order chi connectivity index (χ1) is 4.83. The van der Waals surface area contributed by atoms with E-state index in [-0.39, 0.29) is 5.75 Å². The predicted molar refractivity (Wildman–Crippen MR) is 40.8 cm³/mol. The van der Waals surface area contributed by atoms with Gasteiger partial charge < -0.3 is 5.11 Å². The first-order valence-electron chi connectivity index (χ1n) is 3.13. The normalized spacial score (nSPS) is 9.20. The fraction of sp³-hybridized carbons (Fsp3) is 0.111. The highest BCUT2D eigenvalue weighted by Crippen LogP contribution is 2.08. The summed E-state index contributed by atoms with van der Waals surface area (Å²) in [6.07, 6.45) is 2.61. The Labute approximate surface area is 60.6 Å². The van der Waals surface area contributed by atoms with Gasteiger partial charge in [-0.3, -0.25) is 0 Å². The number of rotatable bonds is 2. The van der Waals surface area contributed by atoms with Gasteiger partial charge in [-0.2, -0.15) is 0 Å². The summed E-state index contributed by atoms with van der Waals surface area (Å²) in [5.41, 5.74) is 1.05. The van der Waals surface area contributed by atoms with Crippen molar-refractivity contribution in [2.75, 3.05) is 0 Å². The molecule has 0 fully saturated rings. The zero-order chi connectivity index (χ0) is 7.40. The molecule has 1 heteroatoms. The number of phenolic OH excluding ortho intramolecular Hbond substituents is 1. The molecule has 1 aromatic carbocycles. The van der Waals surface area contributed by atoms with Crippen molar-refractivity contribution in [2.45, 2.75) is 6.42 Å². The molecule has 1 radical (unpaired) electrons. The molecule has 0 amide bonds. The minimum absolute atomic E-state index is 0.257. The van der Waals surface area contributed by atoms with E-state index in [0.29, 0.717) is 0 Å². The van der Waals surface area contributed by atoms with Crippen LogP contribution in [0.5, 0.6) is 5.75 Å². The Hall–Kier alpha value is -1.24. The van der Waals surface area contributed by atoms with E-state index in [1.807, 2.05) is 12.1 Å². The first kappa shape index (κ1) is 6.87. The highest BCUT2D eigenvalue weighted by atomic mass is 16.3. The zero-order valence-electron chi connectivity index (χ0n) is 5.67. The van der Waals surface area contributed by atoms with Crippen molar-refractivity contribution in [1.29, 1.82) is 0 Å². The van der Waals surface area contributed by atoms with Crippen LogP contribution in [0.25, 0.3) is 0 Å². The van der Waals surface area contributed by atoms with Crippen molar-refractivity contribution >= 4 is 0 Å². The minimum Gasteiger partial charge on any atom is -0.508 e. The molecule has 0 aliphatic heterocycles. The average molecular weight is 133 g/mol. The maximum absolute atomic E-state index is 8.87. The predicted octanol–water partition coefficient (Wildman–Crippen LogP) is 1.92. The van der Waals surface area contributed by atoms with E-state index in [4.69, 9.17) is 5.11 Å². The Balaban J connectivity index is 2.78. The number of aromatic hydroxyl groups is 1. The van der Waals surface area contributed by atoms with Gasteiger partial charge in [-0.1, -0.05) is 12.1 Å². The van der Waals surface area contributed by atoms with Crippen LogP contribution in [0.3, 0.4) is 0 Å². The fourth-order valence-corrected chi connectivity index (χ4v) is 0.731. The summed E-state index contributed by atoms with van der Waals surface area (Å²) in [5, 5.41) is 8.87. The summed E-state index contributed by atoms with van der Waals surface area (Å²) < 4.78 is 0.